The number of hydrogen-bond donors (Lipinski definition) is 0. The summed E-state index contributed by atoms with van der Waals surface area (Å²) in [6, 6.07) is 0.468. The Bertz CT molecular complexity index is 220. The summed E-state index contributed by atoms with van der Waals surface area (Å²) in [6.07, 6.45) is 5.98. The number of imidazole rings is 1. The lowest BCUT2D eigenvalue weighted by atomic mass is 10.2. The summed E-state index contributed by atoms with van der Waals surface area (Å²) < 4.78 is 1.99. The van der Waals surface area contributed by atoms with Gasteiger partial charge in [-0.05, 0) is 24.9 Å². The van der Waals surface area contributed by atoms with Gasteiger partial charge in [-0.15, -0.1) is 0 Å². The number of aromatic nitrogens is 2. The molecule has 1 rings (SSSR count). The highest BCUT2D eigenvalue weighted by Gasteiger charge is 2.05. The zero-order chi connectivity index (χ0) is 8.27. The molecule has 0 aromatic carbocycles. The van der Waals surface area contributed by atoms with E-state index in [2.05, 4.69) is 18.8 Å². The van der Waals surface area contributed by atoms with Crippen molar-refractivity contribution in [3.05, 3.63) is 17.7 Å². The Labute approximate surface area is 72.2 Å². The number of nitrogens with zero attached hydrogens (tertiary/aromatic N) is 2. The molecule has 0 aliphatic rings. The molecule has 1 aromatic rings. The van der Waals surface area contributed by atoms with Gasteiger partial charge in [0.15, 0.2) is 0 Å². The largest absolute Gasteiger partial charge is 0.319 e. The maximum absolute atomic E-state index is 5.82. The van der Waals surface area contributed by atoms with E-state index >= 15 is 0 Å². The summed E-state index contributed by atoms with van der Waals surface area (Å²) in [5.74, 6) is 0. The topological polar surface area (TPSA) is 17.8 Å². The molecule has 1 heterocycles. The first-order valence-corrected chi connectivity index (χ1v) is 4.31. The molecule has 1 atom stereocenters. The normalized spacial score (nSPS) is 13.4. The molecule has 0 saturated carbocycles. The maximum atomic E-state index is 5.82. The zero-order valence-corrected chi connectivity index (χ0v) is 7.67. The minimum Gasteiger partial charge on any atom is -0.319 e. The van der Waals surface area contributed by atoms with Crippen LogP contribution in [0.3, 0.4) is 0 Å². The molecule has 0 amide bonds. The molecule has 62 valence electrons. The van der Waals surface area contributed by atoms with E-state index in [9.17, 15) is 0 Å². The molecule has 0 saturated heterocycles. The Morgan fingerprint density at radius 1 is 1.73 bits per heavy atom. The number of hydrogen-bond acceptors (Lipinski definition) is 1. The molecule has 0 aliphatic carbocycles. The van der Waals surface area contributed by atoms with Crippen LogP contribution in [-0.4, -0.2) is 9.55 Å². The first-order chi connectivity index (χ1) is 5.25. The lowest BCUT2D eigenvalue weighted by Crippen LogP contribution is -2.02. The fourth-order valence-corrected chi connectivity index (χ4v) is 1.46. The summed E-state index contributed by atoms with van der Waals surface area (Å²) in [5, 5.41) is 0.589. The molecule has 0 fully saturated rings. The molecule has 3 heteroatoms. The van der Waals surface area contributed by atoms with E-state index in [1.54, 1.807) is 6.20 Å². The van der Waals surface area contributed by atoms with Crippen molar-refractivity contribution >= 4 is 11.6 Å². The van der Waals surface area contributed by atoms with Gasteiger partial charge in [-0.2, -0.15) is 0 Å². The second-order valence-electron chi connectivity index (χ2n) is 2.74. The van der Waals surface area contributed by atoms with Crippen molar-refractivity contribution in [3.8, 4) is 0 Å². The average molecular weight is 173 g/mol. The van der Waals surface area contributed by atoms with Crippen LogP contribution in [0.25, 0.3) is 0 Å². The van der Waals surface area contributed by atoms with Crippen molar-refractivity contribution < 1.29 is 0 Å². The lowest BCUT2D eigenvalue weighted by molar-refractivity contribution is 0.501. The molecule has 11 heavy (non-hydrogen) atoms. The molecule has 0 spiro atoms. The third-order valence-corrected chi connectivity index (χ3v) is 2.10. The van der Waals surface area contributed by atoms with Crippen molar-refractivity contribution in [2.24, 2.45) is 0 Å². The van der Waals surface area contributed by atoms with Crippen LogP contribution < -0.4 is 0 Å². The molecule has 1 aromatic heterocycles. The van der Waals surface area contributed by atoms with Crippen LogP contribution in [-0.2, 0) is 0 Å². The van der Waals surface area contributed by atoms with E-state index in [1.807, 2.05) is 10.8 Å². The highest BCUT2D eigenvalue weighted by molar-refractivity contribution is 6.28. The lowest BCUT2D eigenvalue weighted by Gasteiger charge is -2.11. The van der Waals surface area contributed by atoms with Crippen LogP contribution in [0.5, 0.6) is 0 Å². The molecule has 2 nitrogen and oxygen atoms in total. The molecule has 0 bridgehead atoms. The van der Waals surface area contributed by atoms with Crippen molar-refractivity contribution in [1.29, 1.82) is 0 Å². The Balaban J connectivity index is 2.67. The maximum Gasteiger partial charge on any atom is 0.202 e. The smallest absolute Gasteiger partial charge is 0.202 e. The van der Waals surface area contributed by atoms with Gasteiger partial charge >= 0.3 is 0 Å². The highest BCUT2D eigenvalue weighted by atomic mass is 35.5. The van der Waals surface area contributed by atoms with Crippen molar-refractivity contribution in [2.45, 2.75) is 32.7 Å². The van der Waals surface area contributed by atoms with E-state index in [-0.39, 0.29) is 0 Å². The van der Waals surface area contributed by atoms with Gasteiger partial charge in [-0.25, -0.2) is 4.98 Å². The van der Waals surface area contributed by atoms with Crippen molar-refractivity contribution in [3.63, 3.8) is 0 Å². The summed E-state index contributed by atoms with van der Waals surface area (Å²) >= 11 is 5.82. The highest BCUT2D eigenvalue weighted by Crippen LogP contribution is 2.17. The van der Waals surface area contributed by atoms with Crippen molar-refractivity contribution in [2.75, 3.05) is 0 Å². The van der Waals surface area contributed by atoms with E-state index in [0.717, 1.165) is 6.42 Å². The van der Waals surface area contributed by atoms with Gasteiger partial charge in [0, 0.05) is 18.4 Å². The second-order valence-corrected chi connectivity index (χ2v) is 3.08. The molecule has 0 radical (unpaired) electrons. The Morgan fingerprint density at radius 2 is 2.45 bits per heavy atom. The molecular formula is C8H13ClN2. The number of rotatable bonds is 3. The van der Waals surface area contributed by atoms with E-state index in [1.165, 1.54) is 6.42 Å². The quantitative estimate of drug-likeness (QED) is 0.686. The Kier molecular flexibility index (Phi) is 2.94. The minimum absolute atomic E-state index is 0.468. The van der Waals surface area contributed by atoms with Crippen LogP contribution in [0.4, 0.5) is 0 Å². The first-order valence-electron chi connectivity index (χ1n) is 3.94. The van der Waals surface area contributed by atoms with Crippen LogP contribution in [0, 0.1) is 0 Å². The third-order valence-electron chi connectivity index (χ3n) is 1.80. The first kappa shape index (κ1) is 8.60. The Hall–Kier alpha value is -0.500. The standard InChI is InChI=1S/C8H13ClN2/c1-3-4-7(2)11-6-5-10-8(11)9/h5-7H,3-4H2,1-2H3. The fourth-order valence-electron chi connectivity index (χ4n) is 1.18. The van der Waals surface area contributed by atoms with Crippen LogP contribution in [0.1, 0.15) is 32.7 Å². The van der Waals surface area contributed by atoms with Gasteiger partial charge in [0.1, 0.15) is 0 Å². The summed E-state index contributed by atoms with van der Waals surface area (Å²) in [4.78, 5) is 3.95. The SMILES string of the molecule is CCCC(C)n1ccnc1Cl. The van der Waals surface area contributed by atoms with E-state index < -0.39 is 0 Å². The van der Waals surface area contributed by atoms with E-state index in [4.69, 9.17) is 11.6 Å². The van der Waals surface area contributed by atoms with Gasteiger partial charge < -0.3 is 4.57 Å². The molecule has 0 aliphatic heterocycles. The van der Waals surface area contributed by atoms with Gasteiger partial charge in [-0.3, -0.25) is 0 Å². The van der Waals surface area contributed by atoms with Gasteiger partial charge in [0.05, 0.1) is 0 Å². The summed E-state index contributed by atoms with van der Waals surface area (Å²) in [7, 11) is 0. The second kappa shape index (κ2) is 3.77. The Morgan fingerprint density at radius 3 is 2.91 bits per heavy atom. The predicted octanol–water partition coefficient (Wildman–Crippen LogP) is 2.90. The zero-order valence-electron chi connectivity index (χ0n) is 6.92. The summed E-state index contributed by atoms with van der Waals surface area (Å²) in [5.41, 5.74) is 0. The van der Waals surface area contributed by atoms with E-state index in [0.29, 0.717) is 11.3 Å². The van der Waals surface area contributed by atoms with Crippen molar-refractivity contribution in [1.82, 2.24) is 9.55 Å². The average Bonchev–Trinajstić information content (AvgIpc) is 2.36. The molecule has 0 N–H and O–H groups in total. The van der Waals surface area contributed by atoms with Crippen LogP contribution in [0.15, 0.2) is 12.4 Å². The molecule has 1 unspecified atom stereocenters. The van der Waals surface area contributed by atoms with Gasteiger partial charge in [0.2, 0.25) is 5.28 Å². The molecular weight excluding hydrogens is 160 g/mol. The van der Waals surface area contributed by atoms with Crippen LogP contribution >= 0.6 is 11.6 Å². The summed E-state index contributed by atoms with van der Waals surface area (Å²) in [6.45, 7) is 4.32. The fraction of sp³-hybridized carbons (Fsp3) is 0.625. The van der Waals surface area contributed by atoms with Gasteiger partial charge in [0.25, 0.3) is 0 Å². The number of halogens is 1. The van der Waals surface area contributed by atoms with Crippen LogP contribution in [0.2, 0.25) is 5.28 Å². The predicted molar refractivity (Wildman–Crippen MR) is 46.9 cm³/mol. The van der Waals surface area contributed by atoms with Gasteiger partial charge in [-0.1, -0.05) is 13.3 Å². The third kappa shape index (κ3) is 1.96. The minimum atomic E-state index is 0.468. The monoisotopic (exact) mass is 172 g/mol.